The number of carbonyl (C=O) groups excluding carboxylic acids is 1. The molecular formula is C23H26N2O3. The van der Waals surface area contributed by atoms with Gasteiger partial charge in [-0.3, -0.25) is 9.59 Å². The van der Waals surface area contributed by atoms with Crippen LogP contribution in [0.1, 0.15) is 47.7 Å². The second kappa shape index (κ2) is 8.30. The van der Waals surface area contributed by atoms with Gasteiger partial charge in [-0.25, -0.2) is 0 Å². The van der Waals surface area contributed by atoms with Crippen molar-refractivity contribution in [3.8, 4) is 5.75 Å². The van der Waals surface area contributed by atoms with E-state index in [1.807, 2.05) is 38.1 Å². The second-order valence-electron chi connectivity index (χ2n) is 7.13. The van der Waals surface area contributed by atoms with Crippen LogP contribution in [0.2, 0.25) is 0 Å². The predicted molar refractivity (Wildman–Crippen MR) is 113 cm³/mol. The maximum atomic E-state index is 13.1. The molecule has 0 saturated carbocycles. The second-order valence-corrected chi connectivity index (χ2v) is 7.13. The lowest BCUT2D eigenvalue weighted by Gasteiger charge is -2.16. The number of nitrogens with zero attached hydrogens (tertiary/aromatic N) is 1. The Hall–Kier alpha value is -3.08. The molecular weight excluding hydrogens is 352 g/mol. The highest BCUT2D eigenvalue weighted by atomic mass is 16.3. The van der Waals surface area contributed by atoms with Gasteiger partial charge in [-0.2, -0.15) is 0 Å². The van der Waals surface area contributed by atoms with Crippen LogP contribution < -0.4 is 10.9 Å². The van der Waals surface area contributed by atoms with Crippen LogP contribution in [0.5, 0.6) is 5.75 Å². The number of hydrogen-bond donors (Lipinski definition) is 2. The molecule has 0 unspecified atom stereocenters. The van der Waals surface area contributed by atoms with Crippen LogP contribution in [0, 0.1) is 13.8 Å². The van der Waals surface area contributed by atoms with Gasteiger partial charge in [-0.1, -0.05) is 50.1 Å². The van der Waals surface area contributed by atoms with Gasteiger partial charge >= 0.3 is 0 Å². The summed E-state index contributed by atoms with van der Waals surface area (Å²) in [4.78, 5) is 26.1. The number of para-hydroxylation sites is 2. The lowest BCUT2D eigenvalue weighted by molar-refractivity contribution is 0.102. The van der Waals surface area contributed by atoms with Gasteiger partial charge in [0.15, 0.2) is 0 Å². The van der Waals surface area contributed by atoms with Crippen molar-refractivity contribution in [2.45, 2.75) is 46.6 Å². The van der Waals surface area contributed by atoms with Gasteiger partial charge in [0.25, 0.3) is 11.5 Å². The van der Waals surface area contributed by atoms with Crippen LogP contribution in [0.25, 0.3) is 10.9 Å². The Bertz CT molecular complexity index is 1060. The third kappa shape index (κ3) is 3.65. The van der Waals surface area contributed by atoms with Gasteiger partial charge in [0, 0.05) is 17.6 Å². The number of nitrogens with one attached hydrogen (secondary N) is 1. The average molecular weight is 378 g/mol. The number of benzene rings is 2. The van der Waals surface area contributed by atoms with Crippen LogP contribution in [-0.2, 0) is 6.54 Å². The topological polar surface area (TPSA) is 71.3 Å². The van der Waals surface area contributed by atoms with E-state index in [0.29, 0.717) is 23.1 Å². The summed E-state index contributed by atoms with van der Waals surface area (Å²) in [6.45, 7) is 6.40. The molecule has 1 heterocycles. The summed E-state index contributed by atoms with van der Waals surface area (Å²) in [5.41, 5.74) is 2.43. The van der Waals surface area contributed by atoms with Crippen LogP contribution in [-0.4, -0.2) is 15.6 Å². The molecule has 28 heavy (non-hydrogen) atoms. The van der Waals surface area contributed by atoms with Crippen molar-refractivity contribution in [2.24, 2.45) is 0 Å². The lowest BCUT2D eigenvalue weighted by Crippen LogP contribution is -2.30. The van der Waals surface area contributed by atoms with E-state index in [2.05, 4.69) is 12.2 Å². The van der Waals surface area contributed by atoms with Crippen molar-refractivity contribution in [1.82, 2.24) is 4.57 Å². The van der Waals surface area contributed by atoms with Crippen molar-refractivity contribution in [3.63, 3.8) is 0 Å². The zero-order valence-corrected chi connectivity index (χ0v) is 16.6. The Morgan fingerprint density at radius 2 is 1.71 bits per heavy atom. The third-order valence-electron chi connectivity index (χ3n) is 5.08. The quantitative estimate of drug-likeness (QED) is 0.607. The van der Waals surface area contributed by atoms with Gasteiger partial charge < -0.3 is 15.0 Å². The number of fused-ring (bicyclic) bond motifs is 1. The van der Waals surface area contributed by atoms with Gasteiger partial charge in [0.1, 0.15) is 11.3 Å². The minimum Gasteiger partial charge on any atom is -0.506 e. The standard InChI is InChI=1S/C23H26N2O3/c1-4-5-8-14-25-18-13-7-6-12-17(18)21(26)19(23(25)28)22(27)24-20-15(2)10-9-11-16(20)3/h6-7,9-13,26H,4-5,8,14H2,1-3H3,(H,24,27). The zero-order valence-electron chi connectivity index (χ0n) is 16.6. The third-order valence-corrected chi connectivity index (χ3v) is 5.08. The first-order chi connectivity index (χ1) is 13.5. The average Bonchev–Trinajstić information content (AvgIpc) is 2.67. The maximum Gasteiger partial charge on any atom is 0.267 e. The summed E-state index contributed by atoms with van der Waals surface area (Å²) in [5.74, 6) is -0.856. The number of rotatable bonds is 6. The van der Waals surface area contributed by atoms with Crippen molar-refractivity contribution in [3.05, 3.63) is 69.5 Å². The molecule has 0 aliphatic carbocycles. The molecule has 0 aliphatic heterocycles. The monoisotopic (exact) mass is 378 g/mol. The van der Waals surface area contributed by atoms with Gasteiger partial charge in [-0.05, 0) is 43.5 Å². The van der Waals surface area contributed by atoms with E-state index in [1.54, 1.807) is 22.8 Å². The summed E-state index contributed by atoms with van der Waals surface area (Å²) in [7, 11) is 0. The van der Waals surface area contributed by atoms with Gasteiger partial charge in [0.05, 0.1) is 5.52 Å². The number of unbranched alkanes of at least 4 members (excludes halogenated alkanes) is 2. The highest BCUT2D eigenvalue weighted by Gasteiger charge is 2.23. The summed E-state index contributed by atoms with van der Waals surface area (Å²) in [6.07, 6.45) is 2.86. The SMILES string of the molecule is CCCCCn1c(=O)c(C(=O)Nc2c(C)cccc2C)c(O)c2ccccc21. The predicted octanol–water partition coefficient (Wildman–Crippen LogP) is 4.77. The van der Waals surface area contributed by atoms with Crippen LogP contribution in [0.15, 0.2) is 47.3 Å². The first-order valence-electron chi connectivity index (χ1n) is 9.67. The van der Waals surface area contributed by atoms with Crippen LogP contribution in [0.4, 0.5) is 5.69 Å². The number of pyridine rings is 1. The first kappa shape index (κ1) is 19.7. The molecule has 2 aromatic carbocycles. The maximum absolute atomic E-state index is 13.1. The Balaban J connectivity index is 2.12. The molecule has 3 rings (SSSR count). The fraction of sp³-hybridized carbons (Fsp3) is 0.304. The number of aromatic nitrogens is 1. The van der Waals surface area contributed by atoms with Gasteiger partial charge in [0.2, 0.25) is 0 Å². The molecule has 3 aromatic rings. The molecule has 2 N–H and O–H groups in total. The smallest absolute Gasteiger partial charge is 0.267 e. The Morgan fingerprint density at radius 3 is 2.39 bits per heavy atom. The fourth-order valence-corrected chi connectivity index (χ4v) is 3.52. The minimum atomic E-state index is -0.588. The van der Waals surface area contributed by atoms with E-state index in [4.69, 9.17) is 0 Å². The Morgan fingerprint density at radius 1 is 1.04 bits per heavy atom. The van der Waals surface area contributed by atoms with Gasteiger partial charge in [-0.15, -0.1) is 0 Å². The number of anilines is 1. The molecule has 1 amide bonds. The molecule has 0 bridgehead atoms. The van der Waals surface area contributed by atoms with E-state index in [1.165, 1.54) is 0 Å². The fourth-order valence-electron chi connectivity index (χ4n) is 3.52. The Kier molecular flexibility index (Phi) is 5.83. The number of aromatic hydroxyl groups is 1. The van der Waals surface area contributed by atoms with E-state index in [0.717, 1.165) is 30.4 Å². The molecule has 0 atom stereocenters. The van der Waals surface area contributed by atoms with E-state index in [9.17, 15) is 14.7 Å². The molecule has 0 fully saturated rings. The van der Waals surface area contributed by atoms with Crippen LogP contribution in [0.3, 0.4) is 0 Å². The van der Waals surface area contributed by atoms with E-state index >= 15 is 0 Å². The molecule has 5 heteroatoms. The molecule has 0 aliphatic rings. The van der Waals surface area contributed by atoms with Crippen molar-refractivity contribution in [2.75, 3.05) is 5.32 Å². The van der Waals surface area contributed by atoms with Crippen molar-refractivity contribution >= 4 is 22.5 Å². The molecule has 1 aromatic heterocycles. The largest absolute Gasteiger partial charge is 0.506 e. The van der Waals surface area contributed by atoms with Crippen molar-refractivity contribution < 1.29 is 9.90 Å². The lowest BCUT2D eigenvalue weighted by atomic mass is 10.1. The zero-order chi connectivity index (χ0) is 20.3. The summed E-state index contributed by atoms with van der Waals surface area (Å²) in [5, 5.41) is 14.1. The highest BCUT2D eigenvalue weighted by Crippen LogP contribution is 2.28. The normalized spacial score (nSPS) is 11.0. The van der Waals surface area contributed by atoms with E-state index < -0.39 is 11.5 Å². The number of hydrogen-bond acceptors (Lipinski definition) is 3. The minimum absolute atomic E-state index is 0.210. The molecule has 0 saturated heterocycles. The van der Waals surface area contributed by atoms with Crippen molar-refractivity contribution in [1.29, 1.82) is 0 Å². The number of amides is 1. The molecule has 5 nitrogen and oxygen atoms in total. The highest BCUT2D eigenvalue weighted by molar-refractivity contribution is 6.09. The summed E-state index contributed by atoms with van der Waals surface area (Å²) < 4.78 is 1.60. The number of carbonyl (C=O) groups is 1. The summed E-state index contributed by atoms with van der Waals surface area (Å²) in [6, 6.07) is 12.8. The molecule has 146 valence electrons. The summed E-state index contributed by atoms with van der Waals surface area (Å²) >= 11 is 0. The molecule has 0 radical (unpaired) electrons. The van der Waals surface area contributed by atoms with Crippen LogP contribution >= 0.6 is 0 Å². The molecule has 0 spiro atoms. The first-order valence-corrected chi connectivity index (χ1v) is 9.67. The van der Waals surface area contributed by atoms with E-state index in [-0.39, 0.29) is 11.3 Å². The number of aryl methyl sites for hydroxylation is 3. The Labute approximate surface area is 164 Å².